The van der Waals surface area contributed by atoms with E-state index in [4.69, 9.17) is 8.83 Å². The molecular weight excluding hydrogens is 462 g/mol. The van der Waals surface area contributed by atoms with E-state index in [1.807, 2.05) is 42.5 Å². The third kappa shape index (κ3) is 2.68. The van der Waals surface area contributed by atoms with Crippen LogP contribution in [0.1, 0.15) is 0 Å². The first-order valence-electron chi connectivity index (χ1n) is 12.0. The zero-order valence-corrected chi connectivity index (χ0v) is 19.4. The van der Waals surface area contributed by atoms with Gasteiger partial charge in [-0.3, -0.25) is 9.59 Å². The molecule has 174 valence electrons. The molecule has 3 aromatic heterocycles. The molecule has 0 N–H and O–H groups in total. The van der Waals surface area contributed by atoms with E-state index in [0.29, 0.717) is 43.9 Å². The van der Waals surface area contributed by atoms with Crippen molar-refractivity contribution < 1.29 is 8.83 Å². The second-order valence-corrected chi connectivity index (χ2v) is 9.22. The van der Waals surface area contributed by atoms with Gasteiger partial charge in [0.15, 0.2) is 0 Å². The maximum atomic E-state index is 14.1. The van der Waals surface area contributed by atoms with Crippen molar-refractivity contribution in [3.8, 4) is 5.69 Å². The number of para-hydroxylation sites is 3. The van der Waals surface area contributed by atoms with Gasteiger partial charge >= 0.3 is 0 Å². The fourth-order valence-electron chi connectivity index (χ4n) is 5.55. The summed E-state index contributed by atoms with van der Waals surface area (Å²) in [6, 6.07) is 32.3. The maximum absolute atomic E-state index is 14.1. The van der Waals surface area contributed by atoms with Crippen LogP contribution in [0.2, 0.25) is 0 Å². The van der Waals surface area contributed by atoms with E-state index in [9.17, 15) is 9.59 Å². The molecular formula is C32H17NO4. The van der Waals surface area contributed by atoms with E-state index in [0.717, 1.165) is 27.5 Å². The molecule has 0 aliphatic carbocycles. The highest BCUT2D eigenvalue weighted by Crippen LogP contribution is 2.34. The molecule has 8 rings (SSSR count). The van der Waals surface area contributed by atoms with Gasteiger partial charge in [0.25, 0.3) is 0 Å². The maximum Gasteiger partial charge on any atom is 0.202 e. The molecule has 0 amide bonds. The summed E-state index contributed by atoms with van der Waals surface area (Å²) in [5.41, 5.74) is 4.10. The summed E-state index contributed by atoms with van der Waals surface area (Å²) in [4.78, 5) is 27.3. The van der Waals surface area contributed by atoms with Crippen molar-refractivity contribution in [2.45, 2.75) is 0 Å². The number of nitrogens with zero attached hydrogens (tertiary/aromatic N) is 1. The number of fused-ring (bicyclic) bond motifs is 7. The number of hydrogen-bond acceptors (Lipinski definition) is 4. The Hall–Kier alpha value is -5.16. The summed E-state index contributed by atoms with van der Waals surface area (Å²) >= 11 is 0. The molecule has 5 aromatic carbocycles. The topological polar surface area (TPSA) is 65.3 Å². The zero-order valence-electron chi connectivity index (χ0n) is 19.4. The average Bonchev–Trinajstić information content (AvgIpc) is 3.27. The van der Waals surface area contributed by atoms with E-state index in [1.54, 1.807) is 36.4 Å². The summed E-state index contributed by atoms with van der Waals surface area (Å²) in [6.45, 7) is 0. The Balaban J connectivity index is 1.53. The molecule has 0 spiro atoms. The molecule has 3 heterocycles. The lowest BCUT2D eigenvalue weighted by Gasteiger charge is -2.11. The van der Waals surface area contributed by atoms with Crippen LogP contribution in [0, 0.1) is 0 Å². The van der Waals surface area contributed by atoms with Crippen LogP contribution in [-0.4, -0.2) is 4.57 Å². The standard InChI is InChI=1S/C32H17NO4/c34-31-20-10-3-6-14-26(20)36-28-17-29-22(16-21(28)31)32(35)30-25(13-7-15-27(30)37-29)33-23-11-4-1-8-18(23)19-9-2-5-12-24(19)33/h1-17H. The molecule has 0 aliphatic rings. The minimum atomic E-state index is -0.192. The van der Waals surface area contributed by atoms with E-state index in [2.05, 4.69) is 28.8 Å². The lowest BCUT2D eigenvalue weighted by molar-refractivity contribution is 0.646. The van der Waals surface area contributed by atoms with Crippen LogP contribution in [0.25, 0.3) is 71.4 Å². The van der Waals surface area contributed by atoms with Gasteiger partial charge in [0.2, 0.25) is 10.9 Å². The summed E-state index contributed by atoms with van der Waals surface area (Å²) in [5, 5.41) is 3.85. The Morgan fingerprint density at radius 1 is 0.459 bits per heavy atom. The highest BCUT2D eigenvalue weighted by molar-refractivity contribution is 6.11. The second-order valence-electron chi connectivity index (χ2n) is 9.22. The van der Waals surface area contributed by atoms with Crippen molar-refractivity contribution in [3.05, 3.63) is 124 Å². The molecule has 5 heteroatoms. The van der Waals surface area contributed by atoms with Gasteiger partial charge in [0.1, 0.15) is 22.3 Å². The van der Waals surface area contributed by atoms with Crippen molar-refractivity contribution in [3.63, 3.8) is 0 Å². The normalized spacial score (nSPS) is 12.0. The second kappa shape index (κ2) is 7.18. The van der Waals surface area contributed by atoms with E-state index in [-0.39, 0.29) is 10.9 Å². The predicted octanol–water partition coefficient (Wildman–Crippen LogP) is 7.30. The van der Waals surface area contributed by atoms with Crippen molar-refractivity contribution in [1.82, 2.24) is 4.57 Å². The molecule has 0 fully saturated rings. The number of hydrogen-bond donors (Lipinski definition) is 0. The van der Waals surface area contributed by atoms with Crippen LogP contribution in [0.15, 0.2) is 122 Å². The van der Waals surface area contributed by atoms with Crippen LogP contribution in [0.3, 0.4) is 0 Å². The molecule has 37 heavy (non-hydrogen) atoms. The minimum absolute atomic E-state index is 0.172. The largest absolute Gasteiger partial charge is 0.456 e. The molecule has 0 saturated carbocycles. The van der Waals surface area contributed by atoms with Gasteiger partial charge < -0.3 is 13.4 Å². The smallest absolute Gasteiger partial charge is 0.202 e. The molecule has 5 nitrogen and oxygen atoms in total. The Morgan fingerprint density at radius 3 is 1.76 bits per heavy atom. The van der Waals surface area contributed by atoms with Gasteiger partial charge in [0.05, 0.1) is 38.3 Å². The van der Waals surface area contributed by atoms with Crippen molar-refractivity contribution in [2.24, 2.45) is 0 Å². The molecule has 0 aliphatic heterocycles. The number of rotatable bonds is 1. The summed E-state index contributed by atoms with van der Waals surface area (Å²) < 4.78 is 14.4. The molecule has 0 unspecified atom stereocenters. The molecule has 0 bridgehead atoms. The van der Waals surface area contributed by atoms with Crippen LogP contribution >= 0.6 is 0 Å². The highest BCUT2D eigenvalue weighted by Gasteiger charge is 2.19. The van der Waals surface area contributed by atoms with Gasteiger partial charge in [0, 0.05) is 16.8 Å². The van der Waals surface area contributed by atoms with Gasteiger partial charge in [-0.1, -0.05) is 54.6 Å². The van der Waals surface area contributed by atoms with Crippen molar-refractivity contribution in [1.29, 1.82) is 0 Å². The number of aromatic nitrogens is 1. The molecule has 0 atom stereocenters. The molecule has 8 aromatic rings. The summed E-state index contributed by atoms with van der Waals surface area (Å²) in [7, 11) is 0. The van der Waals surface area contributed by atoms with Crippen LogP contribution < -0.4 is 10.9 Å². The Morgan fingerprint density at radius 2 is 1.03 bits per heavy atom. The average molecular weight is 479 g/mol. The number of benzene rings is 5. The lowest BCUT2D eigenvalue weighted by atomic mass is 10.1. The summed E-state index contributed by atoms with van der Waals surface area (Å²) in [5.74, 6) is 0. The Kier molecular flexibility index (Phi) is 3.90. The monoisotopic (exact) mass is 479 g/mol. The zero-order chi connectivity index (χ0) is 24.7. The van der Waals surface area contributed by atoms with Crippen LogP contribution in [0.4, 0.5) is 0 Å². The SMILES string of the molecule is O=c1c2ccccc2oc2cc3oc4cccc(-n5c6ccccc6c6ccccc65)c4c(=O)c3cc12. The van der Waals surface area contributed by atoms with Crippen LogP contribution in [0.5, 0.6) is 0 Å². The fourth-order valence-corrected chi connectivity index (χ4v) is 5.55. The summed E-state index contributed by atoms with van der Waals surface area (Å²) in [6.07, 6.45) is 0. The quantitative estimate of drug-likeness (QED) is 0.232. The highest BCUT2D eigenvalue weighted by atomic mass is 16.3. The molecule has 0 radical (unpaired) electrons. The van der Waals surface area contributed by atoms with Crippen molar-refractivity contribution >= 4 is 65.7 Å². The van der Waals surface area contributed by atoms with Gasteiger partial charge in [-0.05, 0) is 42.5 Å². The first-order chi connectivity index (χ1) is 18.2. The Bertz CT molecular complexity index is 2300. The first-order valence-corrected chi connectivity index (χ1v) is 12.0. The third-order valence-electron chi connectivity index (χ3n) is 7.19. The Labute approximate surface area is 208 Å². The third-order valence-corrected chi connectivity index (χ3v) is 7.19. The van der Waals surface area contributed by atoms with Crippen molar-refractivity contribution in [2.75, 3.05) is 0 Å². The first kappa shape index (κ1) is 20.1. The predicted molar refractivity (Wildman–Crippen MR) is 148 cm³/mol. The van der Waals surface area contributed by atoms with Crippen LogP contribution in [-0.2, 0) is 0 Å². The van der Waals surface area contributed by atoms with E-state index < -0.39 is 0 Å². The molecule has 0 saturated heterocycles. The van der Waals surface area contributed by atoms with Gasteiger partial charge in [-0.15, -0.1) is 0 Å². The minimum Gasteiger partial charge on any atom is -0.456 e. The lowest BCUT2D eigenvalue weighted by Crippen LogP contribution is -2.08. The van der Waals surface area contributed by atoms with Gasteiger partial charge in [-0.25, -0.2) is 0 Å². The van der Waals surface area contributed by atoms with E-state index >= 15 is 0 Å². The fraction of sp³-hybridized carbons (Fsp3) is 0. The van der Waals surface area contributed by atoms with Gasteiger partial charge in [-0.2, -0.15) is 0 Å². The van der Waals surface area contributed by atoms with E-state index in [1.165, 1.54) is 0 Å².